The van der Waals surface area contributed by atoms with Gasteiger partial charge in [-0.2, -0.15) is 0 Å². The Kier molecular flexibility index (Phi) is 4.47. The van der Waals surface area contributed by atoms with Crippen LogP contribution in [0.4, 0.5) is 0 Å². The van der Waals surface area contributed by atoms with E-state index in [1.165, 1.54) is 11.3 Å². The van der Waals surface area contributed by atoms with E-state index in [1.807, 2.05) is 12.1 Å². The van der Waals surface area contributed by atoms with Crippen LogP contribution >= 0.6 is 11.3 Å². The first-order chi connectivity index (χ1) is 9.96. The first kappa shape index (κ1) is 15.3. The second-order valence-electron chi connectivity index (χ2n) is 4.72. The van der Waals surface area contributed by atoms with Crippen molar-refractivity contribution in [1.82, 2.24) is 0 Å². The highest BCUT2D eigenvalue weighted by molar-refractivity contribution is 7.20. The summed E-state index contributed by atoms with van der Waals surface area (Å²) in [5, 5.41) is 9.65. The Bertz CT molecular complexity index is 648. The second kappa shape index (κ2) is 6.13. The zero-order valence-electron chi connectivity index (χ0n) is 12.0. The quantitative estimate of drug-likeness (QED) is 0.830. The number of carbonyl (C=O) groups excluding carboxylic acids is 1. The summed E-state index contributed by atoms with van der Waals surface area (Å²) in [5.74, 6) is -0.471. The minimum Gasteiger partial charge on any atom is -0.493 e. The zero-order valence-corrected chi connectivity index (χ0v) is 12.8. The van der Waals surface area contributed by atoms with E-state index in [0.29, 0.717) is 16.4 Å². The lowest BCUT2D eigenvalue weighted by molar-refractivity contribution is -0.137. The Labute approximate surface area is 126 Å². The van der Waals surface area contributed by atoms with Gasteiger partial charge in [-0.25, -0.2) is 0 Å². The summed E-state index contributed by atoms with van der Waals surface area (Å²) in [6, 6.07) is 5.39. The molecule has 1 atom stereocenters. The van der Waals surface area contributed by atoms with E-state index >= 15 is 0 Å². The number of rotatable bonds is 6. The van der Waals surface area contributed by atoms with E-state index in [0.717, 1.165) is 10.1 Å². The minimum atomic E-state index is -0.972. The van der Waals surface area contributed by atoms with Crippen LogP contribution in [0.25, 0.3) is 10.1 Å². The fourth-order valence-electron chi connectivity index (χ4n) is 2.09. The van der Waals surface area contributed by atoms with Crippen LogP contribution in [0.3, 0.4) is 0 Å². The zero-order chi connectivity index (χ0) is 15.6. The molecule has 0 saturated heterocycles. The maximum Gasteiger partial charge on any atom is 0.304 e. The van der Waals surface area contributed by atoms with E-state index < -0.39 is 11.9 Å². The fourth-order valence-corrected chi connectivity index (χ4v) is 3.21. The topological polar surface area (TPSA) is 72.8 Å². The molecule has 6 heteroatoms. The van der Waals surface area contributed by atoms with Crippen LogP contribution in [0, 0.1) is 5.92 Å². The number of methoxy groups -OCH3 is 2. The van der Waals surface area contributed by atoms with Gasteiger partial charge in [-0.1, -0.05) is 6.92 Å². The van der Waals surface area contributed by atoms with Crippen molar-refractivity contribution in [3.8, 4) is 11.5 Å². The highest BCUT2D eigenvalue weighted by Crippen LogP contribution is 2.37. The van der Waals surface area contributed by atoms with Gasteiger partial charge in [0.05, 0.1) is 25.5 Å². The smallest absolute Gasteiger partial charge is 0.304 e. The van der Waals surface area contributed by atoms with Crippen molar-refractivity contribution in [3.05, 3.63) is 23.1 Å². The summed E-state index contributed by atoms with van der Waals surface area (Å²) in [7, 11) is 3.11. The average molecular weight is 308 g/mol. The van der Waals surface area contributed by atoms with Crippen LogP contribution in [0.2, 0.25) is 0 Å². The molecular weight excluding hydrogens is 292 g/mol. The van der Waals surface area contributed by atoms with Crippen molar-refractivity contribution < 1.29 is 24.2 Å². The molecule has 0 aliphatic carbocycles. The van der Waals surface area contributed by atoms with Crippen molar-refractivity contribution in [3.63, 3.8) is 0 Å². The molecule has 0 aliphatic heterocycles. The van der Waals surface area contributed by atoms with Gasteiger partial charge in [0.25, 0.3) is 0 Å². The number of hydrogen-bond donors (Lipinski definition) is 1. The number of Topliss-reactive ketones (excluding diaryl/α,β-unsaturated/α-hetero) is 1. The Morgan fingerprint density at radius 1 is 1.19 bits per heavy atom. The van der Waals surface area contributed by atoms with E-state index in [9.17, 15) is 9.59 Å². The predicted molar refractivity (Wildman–Crippen MR) is 80.7 cm³/mol. The highest BCUT2D eigenvalue weighted by atomic mass is 32.1. The van der Waals surface area contributed by atoms with Gasteiger partial charge < -0.3 is 14.6 Å². The van der Waals surface area contributed by atoms with E-state index in [2.05, 4.69) is 0 Å². The number of ketones is 1. The third kappa shape index (κ3) is 3.16. The SMILES string of the molecule is COc1cc2cc(C(=O)C(C)CC(=O)O)sc2cc1OC. The van der Waals surface area contributed by atoms with Crippen LogP contribution in [-0.2, 0) is 4.79 Å². The summed E-state index contributed by atoms with van der Waals surface area (Å²) in [4.78, 5) is 23.5. The second-order valence-corrected chi connectivity index (χ2v) is 5.80. The molecule has 112 valence electrons. The standard InChI is InChI=1S/C15H16O5S/c1-8(4-14(16)17)15(18)13-6-9-5-10(19-2)11(20-3)7-12(9)21-13/h5-8H,4H2,1-3H3,(H,16,17). The number of carboxylic acids is 1. The van der Waals surface area contributed by atoms with Gasteiger partial charge in [-0.05, 0) is 17.5 Å². The minimum absolute atomic E-state index is 0.156. The summed E-state index contributed by atoms with van der Waals surface area (Å²) in [5.41, 5.74) is 0. The molecule has 2 rings (SSSR count). The number of ether oxygens (including phenoxy) is 2. The summed E-state index contributed by atoms with van der Waals surface area (Å²) in [6.45, 7) is 1.63. The molecule has 0 bridgehead atoms. The maximum absolute atomic E-state index is 12.2. The third-order valence-corrected chi connectivity index (χ3v) is 4.31. The fraction of sp³-hybridized carbons (Fsp3) is 0.333. The Morgan fingerprint density at radius 2 is 1.81 bits per heavy atom. The molecule has 0 saturated carbocycles. The summed E-state index contributed by atoms with van der Waals surface area (Å²) < 4.78 is 11.4. The van der Waals surface area contributed by atoms with Crippen LogP contribution in [0.5, 0.6) is 11.5 Å². The predicted octanol–water partition coefficient (Wildman–Crippen LogP) is 3.21. The number of aliphatic carboxylic acids is 1. The monoisotopic (exact) mass is 308 g/mol. The Hall–Kier alpha value is -2.08. The van der Waals surface area contributed by atoms with Crippen LogP contribution in [-0.4, -0.2) is 31.1 Å². The van der Waals surface area contributed by atoms with Gasteiger partial charge in [0.15, 0.2) is 17.3 Å². The molecule has 0 fully saturated rings. The van der Waals surface area contributed by atoms with Crippen LogP contribution in [0.1, 0.15) is 23.0 Å². The molecule has 0 amide bonds. The van der Waals surface area contributed by atoms with Crippen molar-refractivity contribution in [2.75, 3.05) is 14.2 Å². The molecule has 0 radical (unpaired) electrons. The molecule has 1 aromatic heterocycles. The number of hydrogen-bond acceptors (Lipinski definition) is 5. The first-order valence-corrected chi connectivity index (χ1v) is 7.19. The van der Waals surface area contributed by atoms with Crippen molar-refractivity contribution in [1.29, 1.82) is 0 Å². The van der Waals surface area contributed by atoms with Crippen LogP contribution in [0.15, 0.2) is 18.2 Å². The van der Waals surface area contributed by atoms with Gasteiger partial charge in [-0.3, -0.25) is 9.59 Å². The molecule has 21 heavy (non-hydrogen) atoms. The Morgan fingerprint density at radius 3 is 2.38 bits per heavy atom. The van der Waals surface area contributed by atoms with Gasteiger partial charge in [0.2, 0.25) is 0 Å². The van der Waals surface area contributed by atoms with Gasteiger partial charge >= 0.3 is 5.97 Å². The number of benzene rings is 1. The van der Waals surface area contributed by atoms with Crippen molar-refractivity contribution in [2.24, 2.45) is 5.92 Å². The number of thiophene rings is 1. The summed E-state index contributed by atoms with van der Waals surface area (Å²) >= 11 is 1.33. The van der Waals surface area contributed by atoms with E-state index in [1.54, 1.807) is 27.2 Å². The average Bonchev–Trinajstić information content (AvgIpc) is 2.86. The molecule has 0 aliphatic rings. The molecule has 1 N–H and O–H groups in total. The lowest BCUT2D eigenvalue weighted by Gasteiger charge is -2.06. The van der Waals surface area contributed by atoms with Crippen LogP contribution < -0.4 is 9.47 Å². The maximum atomic E-state index is 12.2. The summed E-state index contributed by atoms with van der Waals surface area (Å²) in [6.07, 6.45) is -0.167. The van der Waals surface area contributed by atoms with Gasteiger partial charge in [0, 0.05) is 16.7 Å². The normalized spacial score (nSPS) is 12.1. The Balaban J connectivity index is 2.38. The molecule has 5 nitrogen and oxygen atoms in total. The molecule has 1 heterocycles. The first-order valence-electron chi connectivity index (χ1n) is 6.37. The largest absolute Gasteiger partial charge is 0.493 e. The van der Waals surface area contributed by atoms with Gasteiger partial charge in [-0.15, -0.1) is 11.3 Å². The molecular formula is C15H16O5S. The third-order valence-electron chi connectivity index (χ3n) is 3.19. The number of fused-ring (bicyclic) bond motifs is 1. The van der Waals surface area contributed by atoms with Crippen molar-refractivity contribution >= 4 is 33.2 Å². The highest BCUT2D eigenvalue weighted by Gasteiger charge is 2.21. The van der Waals surface area contributed by atoms with E-state index in [4.69, 9.17) is 14.6 Å². The number of carboxylic acid groups (broad SMARTS) is 1. The lowest BCUT2D eigenvalue weighted by atomic mass is 10.0. The van der Waals surface area contributed by atoms with Crippen molar-refractivity contribution in [2.45, 2.75) is 13.3 Å². The van der Waals surface area contributed by atoms with Gasteiger partial charge in [0.1, 0.15) is 0 Å². The number of carbonyl (C=O) groups is 2. The lowest BCUT2D eigenvalue weighted by Crippen LogP contribution is -2.14. The molecule has 1 aromatic carbocycles. The molecule has 0 spiro atoms. The van der Waals surface area contributed by atoms with E-state index in [-0.39, 0.29) is 12.2 Å². The molecule has 1 unspecified atom stereocenters. The molecule has 2 aromatic rings.